The number of allylic oxidation sites excluding steroid dienone is 1. The van der Waals surface area contributed by atoms with Crippen LogP contribution in [-0.4, -0.2) is 71.3 Å². The first-order valence-corrected chi connectivity index (χ1v) is 12.8. The SMILES string of the molecule is Cc1ccc(C)c(N2CC=C[C@]34O[C@]5(C)/C=C\CCCCOC(=O)[C@@H]5[C@H]3C(=O)N(CCO)C4C2=O)c1. The first-order chi connectivity index (χ1) is 17.2. The standard InChI is InChI=1S/C28H34N2O6/c1-18-9-10-19(2)20(17-18)29-13-8-12-28-21(24(32)30(14-15-31)23(28)25(29)33)22-26(34)35-16-7-5-4-6-11-27(22,3)36-28/h6,8-12,17,21-23,31H,4-5,7,13-16H2,1-3H3/b11-6-/t21-,22-,23?,27+,28-/m0/s1. The molecule has 8 nitrogen and oxygen atoms in total. The Morgan fingerprint density at radius 3 is 2.64 bits per heavy atom. The van der Waals surface area contributed by atoms with Crippen LogP contribution in [0.4, 0.5) is 5.69 Å². The molecule has 4 aliphatic rings. The predicted octanol–water partition coefficient (Wildman–Crippen LogP) is 2.45. The number of esters is 1. The molecule has 2 amide bonds. The lowest BCUT2D eigenvalue weighted by Crippen LogP contribution is -2.56. The molecule has 0 aliphatic carbocycles. The lowest BCUT2D eigenvalue weighted by molar-refractivity contribution is -0.158. The van der Waals surface area contributed by atoms with Crippen LogP contribution >= 0.6 is 0 Å². The number of rotatable bonds is 3. The summed E-state index contributed by atoms with van der Waals surface area (Å²) in [5, 5.41) is 9.82. The molecule has 5 atom stereocenters. The van der Waals surface area contributed by atoms with Gasteiger partial charge in [0.05, 0.1) is 24.7 Å². The third kappa shape index (κ3) is 3.69. The molecule has 4 heterocycles. The van der Waals surface area contributed by atoms with Gasteiger partial charge in [0.15, 0.2) is 0 Å². The number of benzene rings is 1. The fourth-order valence-corrected chi connectivity index (χ4v) is 6.37. The molecule has 0 radical (unpaired) electrons. The predicted molar refractivity (Wildman–Crippen MR) is 133 cm³/mol. The molecule has 1 N–H and O–H groups in total. The average Bonchev–Trinajstić information content (AvgIpc) is 3.16. The third-order valence-electron chi connectivity index (χ3n) is 8.00. The van der Waals surface area contributed by atoms with E-state index < -0.39 is 35.0 Å². The van der Waals surface area contributed by atoms with Gasteiger partial charge in [-0.2, -0.15) is 0 Å². The van der Waals surface area contributed by atoms with Crippen molar-refractivity contribution in [3.05, 3.63) is 53.6 Å². The van der Waals surface area contributed by atoms with Gasteiger partial charge in [-0.3, -0.25) is 14.4 Å². The van der Waals surface area contributed by atoms with Crippen LogP contribution in [0.1, 0.15) is 37.3 Å². The molecule has 0 bridgehead atoms. The van der Waals surface area contributed by atoms with Gasteiger partial charge >= 0.3 is 5.97 Å². The number of anilines is 1. The highest BCUT2D eigenvalue weighted by Crippen LogP contribution is 2.57. The summed E-state index contributed by atoms with van der Waals surface area (Å²) in [6.45, 7) is 5.97. The summed E-state index contributed by atoms with van der Waals surface area (Å²) in [6.07, 6.45) is 9.96. The van der Waals surface area contributed by atoms with Gasteiger partial charge in [0, 0.05) is 18.8 Å². The number of cyclic esters (lactones) is 1. The van der Waals surface area contributed by atoms with E-state index in [1.165, 1.54) is 4.90 Å². The maximum absolute atomic E-state index is 14.3. The van der Waals surface area contributed by atoms with Crippen molar-refractivity contribution in [1.29, 1.82) is 0 Å². The number of β-amino-alcohol motifs (C(OH)–C–C–N with tert-alkyl or cyclic N) is 1. The number of aliphatic hydroxyl groups is 1. The van der Waals surface area contributed by atoms with Crippen molar-refractivity contribution >= 4 is 23.5 Å². The van der Waals surface area contributed by atoms with Crippen LogP contribution < -0.4 is 4.90 Å². The molecule has 0 aromatic heterocycles. The molecule has 4 aliphatic heterocycles. The third-order valence-corrected chi connectivity index (χ3v) is 8.00. The number of carbonyl (C=O) groups is 3. The Balaban J connectivity index is 1.65. The van der Waals surface area contributed by atoms with E-state index in [4.69, 9.17) is 9.47 Å². The Labute approximate surface area is 211 Å². The van der Waals surface area contributed by atoms with Crippen LogP contribution in [-0.2, 0) is 23.9 Å². The summed E-state index contributed by atoms with van der Waals surface area (Å²) in [7, 11) is 0. The highest BCUT2D eigenvalue weighted by Gasteiger charge is 2.74. The normalized spacial score (nSPS) is 35.1. The number of nitrogens with zero attached hydrogens (tertiary/aromatic N) is 2. The first kappa shape index (κ1) is 24.7. The fourth-order valence-electron chi connectivity index (χ4n) is 6.37. The Morgan fingerprint density at radius 2 is 1.86 bits per heavy atom. The second kappa shape index (κ2) is 9.16. The number of likely N-dealkylation sites (tertiary alicyclic amines) is 1. The van der Waals surface area contributed by atoms with Gasteiger partial charge in [-0.05, 0) is 57.2 Å². The zero-order valence-electron chi connectivity index (χ0n) is 21.1. The number of amides is 2. The van der Waals surface area contributed by atoms with Crippen LogP contribution in [0.5, 0.6) is 0 Å². The Morgan fingerprint density at radius 1 is 1.06 bits per heavy atom. The maximum atomic E-state index is 14.3. The van der Waals surface area contributed by atoms with E-state index in [1.807, 2.05) is 50.3 Å². The van der Waals surface area contributed by atoms with Crippen LogP contribution in [0.2, 0.25) is 0 Å². The van der Waals surface area contributed by atoms with E-state index in [1.54, 1.807) is 17.9 Å². The average molecular weight is 495 g/mol. The quantitative estimate of drug-likeness (QED) is 0.512. The van der Waals surface area contributed by atoms with Crippen LogP contribution in [0.25, 0.3) is 0 Å². The van der Waals surface area contributed by atoms with E-state index in [0.29, 0.717) is 6.54 Å². The minimum absolute atomic E-state index is 0.0281. The summed E-state index contributed by atoms with van der Waals surface area (Å²) >= 11 is 0. The number of carbonyl (C=O) groups excluding carboxylic acids is 3. The minimum Gasteiger partial charge on any atom is -0.465 e. The first-order valence-electron chi connectivity index (χ1n) is 12.8. The van der Waals surface area contributed by atoms with Gasteiger partial charge in [-0.1, -0.05) is 36.4 Å². The molecular formula is C28H34N2O6. The molecular weight excluding hydrogens is 460 g/mol. The molecule has 1 aromatic rings. The second-order valence-electron chi connectivity index (χ2n) is 10.5. The maximum Gasteiger partial charge on any atom is 0.313 e. The van der Waals surface area contributed by atoms with Crippen molar-refractivity contribution in [2.45, 2.75) is 57.3 Å². The van der Waals surface area contributed by atoms with Crippen molar-refractivity contribution in [2.24, 2.45) is 11.8 Å². The van der Waals surface area contributed by atoms with Crippen LogP contribution in [0, 0.1) is 25.7 Å². The van der Waals surface area contributed by atoms with Crippen molar-refractivity contribution in [2.75, 3.05) is 31.2 Å². The lowest BCUT2D eigenvalue weighted by atomic mass is 9.74. The molecule has 1 spiro atoms. The van der Waals surface area contributed by atoms with E-state index >= 15 is 0 Å². The molecule has 192 valence electrons. The fraction of sp³-hybridized carbons (Fsp3) is 0.536. The number of aliphatic hydroxyl groups excluding tert-OH is 1. The molecule has 0 saturated carbocycles. The zero-order valence-corrected chi connectivity index (χ0v) is 21.1. The Hall–Kier alpha value is -2.97. The summed E-state index contributed by atoms with van der Waals surface area (Å²) in [5.74, 6) is -2.99. The van der Waals surface area contributed by atoms with Gasteiger partial charge < -0.3 is 24.4 Å². The number of hydrogen-bond donors (Lipinski definition) is 1. The van der Waals surface area contributed by atoms with E-state index in [-0.39, 0.29) is 31.6 Å². The van der Waals surface area contributed by atoms with E-state index in [0.717, 1.165) is 36.1 Å². The number of aryl methyl sites for hydroxylation is 2. The summed E-state index contributed by atoms with van der Waals surface area (Å²) < 4.78 is 12.4. The van der Waals surface area contributed by atoms with Crippen molar-refractivity contribution in [3.63, 3.8) is 0 Å². The Kier molecular flexibility index (Phi) is 6.29. The summed E-state index contributed by atoms with van der Waals surface area (Å²) in [4.78, 5) is 44.7. The van der Waals surface area contributed by atoms with Crippen molar-refractivity contribution < 1.29 is 29.0 Å². The summed E-state index contributed by atoms with van der Waals surface area (Å²) in [6, 6.07) is 4.91. The van der Waals surface area contributed by atoms with E-state index in [9.17, 15) is 19.5 Å². The van der Waals surface area contributed by atoms with Gasteiger partial charge in [0.2, 0.25) is 5.91 Å². The van der Waals surface area contributed by atoms with Crippen LogP contribution in [0.15, 0.2) is 42.5 Å². The molecule has 1 aromatic carbocycles. The number of hydrogen-bond acceptors (Lipinski definition) is 6. The number of ether oxygens (including phenoxy) is 2. The molecule has 2 saturated heterocycles. The molecule has 2 fully saturated rings. The lowest BCUT2D eigenvalue weighted by Gasteiger charge is -2.37. The number of fused-ring (bicyclic) bond motifs is 2. The molecule has 36 heavy (non-hydrogen) atoms. The molecule has 8 heteroatoms. The molecule has 5 rings (SSSR count). The largest absolute Gasteiger partial charge is 0.465 e. The van der Waals surface area contributed by atoms with Gasteiger partial charge in [-0.25, -0.2) is 0 Å². The molecule has 1 unspecified atom stereocenters. The van der Waals surface area contributed by atoms with Gasteiger partial charge in [-0.15, -0.1) is 0 Å². The second-order valence-corrected chi connectivity index (χ2v) is 10.5. The zero-order chi connectivity index (χ0) is 25.7. The van der Waals surface area contributed by atoms with Gasteiger partial charge in [0.1, 0.15) is 17.6 Å². The topological polar surface area (TPSA) is 96.4 Å². The minimum atomic E-state index is -1.35. The summed E-state index contributed by atoms with van der Waals surface area (Å²) in [5.41, 5.74) is 0.253. The highest BCUT2D eigenvalue weighted by atomic mass is 16.6. The van der Waals surface area contributed by atoms with Crippen LogP contribution in [0.3, 0.4) is 0 Å². The smallest absolute Gasteiger partial charge is 0.313 e. The Bertz CT molecular complexity index is 1140. The van der Waals surface area contributed by atoms with Gasteiger partial charge in [0.25, 0.3) is 5.91 Å². The monoisotopic (exact) mass is 494 g/mol. The van der Waals surface area contributed by atoms with E-state index in [2.05, 4.69) is 0 Å². The highest BCUT2D eigenvalue weighted by molar-refractivity contribution is 6.06. The van der Waals surface area contributed by atoms with Crippen molar-refractivity contribution in [1.82, 2.24) is 4.90 Å². The van der Waals surface area contributed by atoms with Crippen molar-refractivity contribution in [3.8, 4) is 0 Å².